The first-order valence-corrected chi connectivity index (χ1v) is 5.79. The largest absolute Gasteiger partial charge is 0.755 e. The molecule has 0 spiro atoms. The first-order chi connectivity index (χ1) is 7.47. The minimum Gasteiger partial charge on any atom is -0.755 e. The van der Waals surface area contributed by atoms with Gasteiger partial charge in [-0.25, -0.2) is 4.79 Å². The van der Waals surface area contributed by atoms with Crippen LogP contribution in [0.4, 0.5) is 0 Å². The van der Waals surface area contributed by atoms with Crippen molar-refractivity contribution in [2.45, 2.75) is 20.3 Å². The summed E-state index contributed by atoms with van der Waals surface area (Å²) in [5, 5.41) is 0. The molecule has 0 aliphatic heterocycles. The molecule has 0 heterocycles. The average Bonchev–Trinajstić information content (AvgIpc) is 2.28. The van der Waals surface area contributed by atoms with Crippen molar-refractivity contribution in [3.05, 3.63) is 23.4 Å². The molecule has 0 saturated heterocycles. The van der Waals surface area contributed by atoms with Crippen LogP contribution in [0.5, 0.6) is 0 Å². The van der Waals surface area contributed by atoms with Crippen LogP contribution in [0.2, 0.25) is 0 Å². The predicted molar refractivity (Wildman–Crippen MR) is 60.8 cm³/mol. The minimum atomic E-state index is -2.34. The van der Waals surface area contributed by atoms with E-state index < -0.39 is 17.2 Å². The average molecular weight is 246 g/mol. The Kier molecular flexibility index (Phi) is 6.67. The molecular formula is C10H16NO4S-. The van der Waals surface area contributed by atoms with Gasteiger partial charge in [0.15, 0.2) is 0 Å². The van der Waals surface area contributed by atoms with Gasteiger partial charge in [-0.05, 0) is 19.4 Å². The molecule has 0 aliphatic carbocycles. The normalized spacial score (nSPS) is 14.6. The lowest BCUT2D eigenvalue weighted by atomic mass is 10.2. The molecule has 0 bridgehead atoms. The highest BCUT2D eigenvalue weighted by atomic mass is 32.2. The number of ether oxygens (including phenoxy) is 1. The number of esters is 1. The van der Waals surface area contributed by atoms with Crippen molar-refractivity contribution in [1.29, 1.82) is 0 Å². The number of hydrogen-bond acceptors (Lipinski definition) is 4. The Morgan fingerprint density at radius 1 is 1.56 bits per heavy atom. The lowest BCUT2D eigenvalue weighted by Crippen LogP contribution is -2.20. The van der Waals surface area contributed by atoms with E-state index >= 15 is 0 Å². The third kappa shape index (κ3) is 4.16. The SMILES string of the molecule is C/C=C(\C=C(/CC)N(C)S(=O)[O-])C(=O)OC. The fourth-order valence-electron chi connectivity index (χ4n) is 1.07. The van der Waals surface area contributed by atoms with E-state index in [1.165, 1.54) is 20.2 Å². The van der Waals surface area contributed by atoms with Gasteiger partial charge in [-0.15, -0.1) is 0 Å². The summed E-state index contributed by atoms with van der Waals surface area (Å²) in [5.74, 6) is -0.487. The summed E-state index contributed by atoms with van der Waals surface area (Å²) in [6.45, 7) is 3.49. The van der Waals surface area contributed by atoms with Crippen molar-refractivity contribution in [3.8, 4) is 0 Å². The molecule has 0 fully saturated rings. The Labute approximate surface area is 98.2 Å². The molecule has 1 atom stereocenters. The van der Waals surface area contributed by atoms with E-state index in [4.69, 9.17) is 0 Å². The highest BCUT2D eigenvalue weighted by Crippen LogP contribution is 2.12. The monoisotopic (exact) mass is 246 g/mol. The van der Waals surface area contributed by atoms with Crippen LogP contribution in [-0.4, -0.2) is 33.2 Å². The summed E-state index contributed by atoms with van der Waals surface area (Å²) < 4.78 is 27.2. The van der Waals surface area contributed by atoms with Gasteiger partial charge in [-0.1, -0.05) is 13.0 Å². The Balaban J connectivity index is 5.08. The highest BCUT2D eigenvalue weighted by molar-refractivity contribution is 7.76. The third-order valence-electron chi connectivity index (χ3n) is 2.04. The summed E-state index contributed by atoms with van der Waals surface area (Å²) in [4.78, 5) is 11.3. The molecule has 1 unspecified atom stereocenters. The van der Waals surface area contributed by atoms with Crippen LogP contribution in [0, 0.1) is 0 Å². The molecule has 16 heavy (non-hydrogen) atoms. The molecule has 0 rings (SSSR count). The van der Waals surface area contributed by atoms with E-state index in [2.05, 4.69) is 4.74 Å². The molecule has 5 nitrogen and oxygen atoms in total. The molecule has 6 heteroatoms. The zero-order valence-corrected chi connectivity index (χ0v) is 10.7. The molecule has 0 radical (unpaired) electrons. The smallest absolute Gasteiger partial charge is 0.337 e. The molecule has 0 saturated carbocycles. The van der Waals surface area contributed by atoms with Gasteiger partial charge in [0, 0.05) is 24.0 Å². The van der Waals surface area contributed by atoms with E-state index in [-0.39, 0.29) is 0 Å². The Bertz CT molecular complexity index is 336. The van der Waals surface area contributed by atoms with Crippen LogP contribution >= 0.6 is 0 Å². The lowest BCUT2D eigenvalue weighted by Gasteiger charge is -2.23. The van der Waals surface area contributed by atoms with Gasteiger partial charge in [-0.2, -0.15) is 0 Å². The Hall–Kier alpha value is -1.14. The fourth-order valence-corrected chi connectivity index (χ4v) is 1.44. The second-order valence-corrected chi connectivity index (χ2v) is 3.92. The highest BCUT2D eigenvalue weighted by Gasteiger charge is 2.09. The standard InChI is InChI=1S/C10H17NO4S/c1-5-8(10(12)15-4)7-9(6-2)11(3)16(13)14/h5,7H,6H2,1-4H3,(H,13,14)/p-1/b8-5+,9-7+. The predicted octanol–water partition coefficient (Wildman–Crippen LogP) is 1.13. The zero-order chi connectivity index (χ0) is 12.7. The minimum absolute atomic E-state index is 0.330. The second kappa shape index (κ2) is 7.19. The molecule has 0 N–H and O–H groups in total. The summed E-state index contributed by atoms with van der Waals surface area (Å²) >= 11 is -2.34. The van der Waals surface area contributed by atoms with Crippen molar-refractivity contribution in [2.24, 2.45) is 0 Å². The van der Waals surface area contributed by atoms with Crippen LogP contribution in [0.15, 0.2) is 23.4 Å². The summed E-state index contributed by atoms with van der Waals surface area (Å²) in [7, 11) is 2.70. The molecule has 0 amide bonds. The van der Waals surface area contributed by atoms with Crippen LogP contribution in [0.1, 0.15) is 20.3 Å². The number of allylic oxidation sites excluding steroid dienone is 2. The van der Waals surface area contributed by atoms with Crippen molar-refractivity contribution < 1.29 is 18.3 Å². The zero-order valence-electron chi connectivity index (χ0n) is 9.85. The van der Waals surface area contributed by atoms with E-state index in [0.29, 0.717) is 17.7 Å². The number of hydrogen-bond donors (Lipinski definition) is 0. The number of nitrogens with zero attached hydrogens (tertiary/aromatic N) is 1. The molecule has 0 aromatic rings. The third-order valence-corrected chi connectivity index (χ3v) is 2.73. The first-order valence-electron chi connectivity index (χ1n) is 4.76. The van der Waals surface area contributed by atoms with Gasteiger partial charge in [0.1, 0.15) is 0 Å². The summed E-state index contributed by atoms with van der Waals surface area (Å²) in [6.07, 6.45) is 3.57. The lowest BCUT2D eigenvalue weighted by molar-refractivity contribution is -0.135. The maximum atomic E-state index is 11.3. The topological polar surface area (TPSA) is 69.7 Å². The molecule has 0 aliphatic rings. The van der Waals surface area contributed by atoms with Crippen LogP contribution in [0.25, 0.3) is 0 Å². The molecule has 0 aromatic heterocycles. The van der Waals surface area contributed by atoms with Gasteiger partial charge in [0.25, 0.3) is 0 Å². The second-order valence-electron chi connectivity index (χ2n) is 2.94. The van der Waals surface area contributed by atoms with Gasteiger partial charge in [0.05, 0.1) is 12.7 Å². The summed E-state index contributed by atoms with van der Waals surface area (Å²) in [6, 6.07) is 0. The van der Waals surface area contributed by atoms with Gasteiger partial charge in [-0.3, -0.25) is 4.21 Å². The van der Waals surface area contributed by atoms with Crippen LogP contribution in [0.3, 0.4) is 0 Å². The first kappa shape index (κ1) is 14.9. The van der Waals surface area contributed by atoms with Crippen LogP contribution in [-0.2, 0) is 20.8 Å². The maximum Gasteiger partial charge on any atom is 0.337 e. The quantitative estimate of drug-likeness (QED) is 0.315. The number of methoxy groups -OCH3 is 1. The van der Waals surface area contributed by atoms with Crippen molar-refractivity contribution in [3.63, 3.8) is 0 Å². The van der Waals surface area contributed by atoms with E-state index in [0.717, 1.165) is 4.31 Å². The van der Waals surface area contributed by atoms with E-state index in [9.17, 15) is 13.6 Å². The summed E-state index contributed by atoms with van der Waals surface area (Å²) in [5.41, 5.74) is 0.850. The van der Waals surface area contributed by atoms with Gasteiger partial charge >= 0.3 is 5.97 Å². The molecule has 92 valence electrons. The Morgan fingerprint density at radius 3 is 2.44 bits per heavy atom. The number of carbonyl (C=O) groups excluding carboxylic acids is 1. The van der Waals surface area contributed by atoms with E-state index in [1.807, 2.05) is 0 Å². The Morgan fingerprint density at radius 2 is 2.12 bits per heavy atom. The van der Waals surface area contributed by atoms with Crippen LogP contribution < -0.4 is 0 Å². The van der Waals surface area contributed by atoms with Crippen molar-refractivity contribution >= 4 is 17.2 Å². The maximum absolute atomic E-state index is 11.3. The van der Waals surface area contributed by atoms with Gasteiger partial charge < -0.3 is 13.6 Å². The fraction of sp³-hybridized carbons (Fsp3) is 0.500. The molecule has 0 aromatic carbocycles. The number of rotatable bonds is 5. The van der Waals surface area contributed by atoms with Crippen molar-refractivity contribution in [2.75, 3.05) is 14.2 Å². The van der Waals surface area contributed by atoms with E-state index in [1.54, 1.807) is 19.9 Å². The van der Waals surface area contributed by atoms with Gasteiger partial charge in [0.2, 0.25) is 0 Å². The number of carbonyl (C=O) groups is 1. The van der Waals surface area contributed by atoms with Crippen molar-refractivity contribution in [1.82, 2.24) is 4.31 Å². The molecular weight excluding hydrogens is 230 g/mol.